The van der Waals surface area contributed by atoms with E-state index in [2.05, 4.69) is 20.6 Å². The number of carbonyl (C=O) groups excluding carboxylic acids is 1. The highest BCUT2D eigenvalue weighted by molar-refractivity contribution is 5.96. The zero-order chi connectivity index (χ0) is 20.6. The maximum absolute atomic E-state index is 12.2. The smallest absolute Gasteiger partial charge is 0.340 e. The Bertz CT molecular complexity index is 991. The molecule has 0 aliphatic rings. The molecule has 2 aromatic carbocycles. The first-order chi connectivity index (χ1) is 14.1. The molecule has 0 unspecified atom stereocenters. The van der Waals surface area contributed by atoms with E-state index in [1.54, 1.807) is 25.1 Å². The molecule has 3 rings (SSSR count). The van der Waals surface area contributed by atoms with Crippen LogP contribution in [0.2, 0.25) is 0 Å². The third kappa shape index (κ3) is 5.22. The average Bonchev–Trinajstić information content (AvgIpc) is 2.70. The van der Waals surface area contributed by atoms with Crippen LogP contribution >= 0.6 is 0 Å². The minimum Gasteiger partial charge on any atom is -0.492 e. The number of benzene rings is 2. The zero-order valence-electron chi connectivity index (χ0n) is 16.7. The molecule has 150 valence electrons. The summed E-state index contributed by atoms with van der Waals surface area (Å²) in [5.41, 5.74) is 2.59. The van der Waals surface area contributed by atoms with Gasteiger partial charge < -0.3 is 20.1 Å². The summed E-state index contributed by atoms with van der Waals surface area (Å²) < 4.78 is 10.8. The zero-order valence-corrected chi connectivity index (χ0v) is 16.7. The molecule has 29 heavy (non-hydrogen) atoms. The van der Waals surface area contributed by atoms with Crippen LogP contribution in [0.5, 0.6) is 5.75 Å². The molecule has 7 nitrogen and oxygen atoms in total. The summed E-state index contributed by atoms with van der Waals surface area (Å²) in [5, 5.41) is 6.40. The Hall–Kier alpha value is -3.61. The SMILES string of the molecule is CCOC(=O)c1ccccc1Nc1nc(C)cc(Nc2ccccc2OCC)n1. The van der Waals surface area contributed by atoms with Crippen molar-refractivity contribution in [2.75, 3.05) is 23.8 Å². The number of hydrogen-bond donors (Lipinski definition) is 2. The number of rotatable bonds is 8. The van der Waals surface area contributed by atoms with Crippen molar-refractivity contribution in [3.63, 3.8) is 0 Å². The molecule has 0 radical (unpaired) electrons. The van der Waals surface area contributed by atoms with Crippen molar-refractivity contribution >= 4 is 29.1 Å². The van der Waals surface area contributed by atoms with Gasteiger partial charge in [0.1, 0.15) is 11.6 Å². The van der Waals surface area contributed by atoms with Crippen molar-refractivity contribution in [1.29, 1.82) is 0 Å². The van der Waals surface area contributed by atoms with Gasteiger partial charge in [-0.25, -0.2) is 9.78 Å². The number of ether oxygens (including phenoxy) is 2. The molecule has 1 heterocycles. The van der Waals surface area contributed by atoms with E-state index in [-0.39, 0.29) is 0 Å². The highest BCUT2D eigenvalue weighted by Crippen LogP contribution is 2.28. The second-order valence-electron chi connectivity index (χ2n) is 6.16. The Morgan fingerprint density at radius 2 is 1.66 bits per heavy atom. The van der Waals surface area contributed by atoms with E-state index in [0.29, 0.717) is 36.2 Å². The summed E-state index contributed by atoms with van der Waals surface area (Å²) >= 11 is 0. The van der Waals surface area contributed by atoms with Crippen molar-refractivity contribution in [1.82, 2.24) is 9.97 Å². The van der Waals surface area contributed by atoms with Crippen LogP contribution < -0.4 is 15.4 Å². The van der Waals surface area contributed by atoms with E-state index in [1.165, 1.54) is 0 Å². The molecule has 0 saturated heterocycles. The lowest BCUT2D eigenvalue weighted by molar-refractivity contribution is 0.0527. The van der Waals surface area contributed by atoms with E-state index in [4.69, 9.17) is 9.47 Å². The number of esters is 1. The topological polar surface area (TPSA) is 85.4 Å². The standard InChI is InChI=1S/C22H24N4O3/c1-4-28-19-13-9-8-12-18(19)24-20-14-15(3)23-22(26-20)25-17-11-7-6-10-16(17)21(27)29-5-2/h6-14H,4-5H2,1-3H3,(H2,23,24,25,26). The monoisotopic (exact) mass is 392 g/mol. The molecule has 0 spiro atoms. The van der Waals surface area contributed by atoms with Crippen LogP contribution in [0.15, 0.2) is 54.6 Å². The summed E-state index contributed by atoms with van der Waals surface area (Å²) in [7, 11) is 0. The lowest BCUT2D eigenvalue weighted by Gasteiger charge is -2.14. The predicted molar refractivity (Wildman–Crippen MR) is 113 cm³/mol. The Balaban J connectivity index is 1.87. The first kappa shape index (κ1) is 20.1. The molecule has 0 fully saturated rings. The van der Waals surface area contributed by atoms with Crippen molar-refractivity contribution < 1.29 is 14.3 Å². The number of nitrogens with one attached hydrogen (secondary N) is 2. The van der Waals surface area contributed by atoms with Crippen LogP contribution in [0.25, 0.3) is 0 Å². The lowest BCUT2D eigenvalue weighted by atomic mass is 10.2. The number of hydrogen-bond acceptors (Lipinski definition) is 7. The van der Waals surface area contributed by atoms with Gasteiger partial charge in [0.15, 0.2) is 0 Å². The minimum absolute atomic E-state index is 0.307. The van der Waals surface area contributed by atoms with Gasteiger partial charge in [0.05, 0.1) is 30.2 Å². The van der Waals surface area contributed by atoms with Crippen molar-refractivity contribution in [3.8, 4) is 5.75 Å². The van der Waals surface area contributed by atoms with Gasteiger partial charge in [0.25, 0.3) is 0 Å². The molecule has 0 saturated carbocycles. The number of nitrogens with zero attached hydrogens (tertiary/aromatic N) is 2. The largest absolute Gasteiger partial charge is 0.492 e. The summed E-state index contributed by atoms with van der Waals surface area (Å²) in [6, 6.07) is 16.6. The Morgan fingerprint density at radius 1 is 0.931 bits per heavy atom. The van der Waals surface area contributed by atoms with Gasteiger partial charge in [-0.2, -0.15) is 4.98 Å². The normalized spacial score (nSPS) is 10.3. The average molecular weight is 392 g/mol. The van der Waals surface area contributed by atoms with E-state index in [0.717, 1.165) is 17.1 Å². The number of anilines is 4. The van der Waals surface area contributed by atoms with Gasteiger partial charge in [0.2, 0.25) is 5.95 Å². The molecule has 0 bridgehead atoms. The highest BCUT2D eigenvalue weighted by Gasteiger charge is 2.13. The van der Waals surface area contributed by atoms with E-state index in [9.17, 15) is 4.79 Å². The van der Waals surface area contributed by atoms with Crippen LogP contribution in [0.3, 0.4) is 0 Å². The fraction of sp³-hybridized carbons (Fsp3) is 0.227. The first-order valence-corrected chi connectivity index (χ1v) is 9.48. The second kappa shape index (κ2) is 9.54. The summed E-state index contributed by atoms with van der Waals surface area (Å²) in [5.74, 6) is 1.33. The van der Waals surface area contributed by atoms with Crippen LogP contribution in [-0.2, 0) is 4.74 Å². The van der Waals surface area contributed by atoms with E-state index < -0.39 is 5.97 Å². The first-order valence-electron chi connectivity index (χ1n) is 9.48. The fourth-order valence-corrected chi connectivity index (χ4v) is 2.78. The molecular weight excluding hydrogens is 368 g/mol. The van der Waals surface area contributed by atoms with Crippen molar-refractivity contribution in [2.24, 2.45) is 0 Å². The molecule has 0 aliphatic heterocycles. The van der Waals surface area contributed by atoms with Crippen molar-refractivity contribution in [2.45, 2.75) is 20.8 Å². The molecule has 3 aromatic rings. The number of aromatic nitrogens is 2. The Labute approximate surface area is 170 Å². The van der Waals surface area contributed by atoms with Crippen LogP contribution in [0, 0.1) is 6.92 Å². The molecule has 2 N–H and O–H groups in total. The molecule has 7 heteroatoms. The summed E-state index contributed by atoms with van der Waals surface area (Å²) in [4.78, 5) is 21.2. The molecular formula is C22H24N4O3. The quantitative estimate of drug-likeness (QED) is 0.530. The third-order valence-electron chi connectivity index (χ3n) is 3.97. The number of aryl methyl sites for hydroxylation is 1. The highest BCUT2D eigenvalue weighted by atomic mass is 16.5. The van der Waals surface area contributed by atoms with Gasteiger partial charge in [-0.15, -0.1) is 0 Å². The molecule has 0 aliphatic carbocycles. The van der Waals surface area contributed by atoms with Gasteiger partial charge in [-0.05, 0) is 45.0 Å². The maximum Gasteiger partial charge on any atom is 0.340 e. The van der Waals surface area contributed by atoms with Crippen LogP contribution in [0.1, 0.15) is 29.9 Å². The summed E-state index contributed by atoms with van der Waals surface area (Å²) in [6.45, 7) is 6.47. The number of para-hydroxylation sites is 3. The van der Waals surface area contributed by atoms with Gasteiger partial charge in [-0.1, -0.05) is 24.3 Å². The Kier molecular flexibility index (Phi) is 6.63. The van der Waals surface area contributed by atoms with Crippen LogP contribution in [0.4, 0.5) is 23.1 Å². The molecule has 0 atom stereocenters. The van der Waals surface area contributed by atoms with Gasteiger partial charge in [-0.3, -0.25) is 0 Å². The van der Waals surface area contributed by atoms with E-state index in [1.807, 2.05) is 50.2 Å². The molecule has 1 aromatic heterocycles. The third-order valence-corrected chi connectivity index (χ3v) is 3.97. The summed E-state index contributed by atoms with van der Waals surface area (Å²) in [6.07, 6.45) is 0. The Morgan fingerprint density at radius 3 is 2.41 bits per heavy atom. The molecule has 0 amide bonds. The fourth-order valence-electron chi connectivity index (χ4n) is 2.78. The van der Waals surface area contributed by atoms with Crippen molar-refractivity contribution in [3.05, 3.63) is 65.9 Å². The van der Waals surface area contributed by atoms with E-state index >= 15 is 0 Å². The van der Waals surface area contributed by atoms with Crippen LogP contribution in [-0.4, -0.2) is 29.2 Å². The minimum atomic E-state index is -0.396. The van der Waals surface area contributed by atoms with Gasteiger partial charge in [0, 0.05) is 11.8 Å². The lowest BCUT2D eigenvalue weighted by Crippen LogP contribution is -2.09. The van der Waals surface area contributed by atoms with Gasteiger partial charge >= 0.3 is 5.97 Å². The number of carbonyl (C=O) groups is 1. The second-order valence-corrected chi connectivity index (χ2v) is 6.16. The maximum atomic E-state index is 12.2. The predicted octanol–water partition coefficient (Wildman–Crippen LogP) is 4.85.